The van der Waals surface area contributed by atoms with E-state index in [2.05, 4.69) is 6.58 Å². The van der Waals surface area contributed by atoms with Crippen LogP contribution in [0, 0.1) is 0 Å². The molecular formula is C12H16O3. The quantitative estimate of drug-likeness (QED) is 0.700. The molecule has 0 aliphatic carbocycles. The van der Waals surface area contributed by atoms with Gasteiger partial charge in [-0.3, -0.25) is 0 Å². The molecule has 15 heavy (non-hydrogen) atoms. The normalized spacial score (nSPS) is 13.3. The van der Waals surface area contributed by atoms with Crippen LogP contribution in [0.2, 0.25) is 0 Å². The molecule has 0 atom stereocenters. The van der Waals surface area contributed by atoms with E-state index in [1.807, 2.05) is 0 Å². The highest BCUT2D eigenvalue weighted by molar-refractivity contribution is 5.54. The van der Waals surface area contributed by atoms with Gasteiger partial charge in [0.25, 0.3) is 0 Å². The van der Waals surface area contributed by atoms with E-state index in [0.29, 0.717) is 17.9 Å². The minimum atomic E-state index is -2.56. The maximum absolute atomic E-state index is 7.13. The number of ether oxygens (including phenoxy) is 3. The highest BCUT2D eigenvalue weighted by Crippen LogP contribution is 2.38. The van der Waals surface area contributed by atoms with Crippen LogP contribution in [-0.2, 0) is 6.42 Å². The Labute approximate surface area is 94.5 Å². The molecule has 82 valence electrons. The Balaban J connectivity index is 3.25. The summed E-state index contributed by atoms with van der Waals surface area (Å²) in [6.45, 7) is 3.65. The van der Waals surface area contributed by atoms with Crippen molar-refractivity contribution >= 4 is 0 Å². The molecule has 0 heterocycles. The molecule has 3 nitrogen and oxygen atoms in total. The van der Waals surface area contributed by atoms with E-state index in [4.69, 9.17) is 18.3 Å². The molecule has 0 bridgehead atoms. The Morgan fingerprint density at radius 3 is 2.27 bits per heavy atom. The van der Waals surface area contributed by atoms with Gasteiger partial charge in [-0.15, -0.1) is 6.58 Å². The van der Waals surface area contributed by atoms with Gasteiger partial charge in [0.15, 0.2) is 11.5 Å². The number of allylic oxidation sites excluding steroid dienone is 1. The average molecular weight is 211 g/mol. The predicted molar refractivity (Wildman–Crippen MR) is 60.0 cm³/mol. The molecule has 0 aliphatic heterocycles. The molecule has 1 aromatic carbocycles. The van der Waals surface area contributed by atoms with Crippen molar-refractivity contribution in [1.29, 1.82) is 0 Å². The van der Waals surface area contributed by atoms with E-state index in [-0.39, 0.29) is 5.75 Å². The van der Waals surface area contributed by atoms with E-state index in [0.717, 1.165) is 5.56 Å². The third kappa shape index (κ3) is 2.43. The molecule has 0 aromatic heterocycles. The fourth-order valence-electron chi connectivity index (χ4n) is 1.32. The summed E-state index contributed by atoms with van der Waals surface area (Å²) in [6.07, 6.45) is 2.36. The van der Waals surface area contributed by atoms with Gasteiger partial charge in [0, 0.05) is 0 Å². The molecular weight excluding hydrogens is 192 g/mol. The Kier molecular flexibility index (Phi) is 2.69. The fourth-order valence-corrected chi connectivity index (χ4v) is 1.32. The molecule has 0 saturated heterocycles. The second-order valence-corrected chi connectivity index (χ2v) is 2.92. The molecule has 0 fully saturated rings. The summed E-state index contributed by atoms with van der Waals surface area (Å²) < 4.78 is 36.6. The van der Waals surface area contributed by atoms with Crippen molar-refractivity contribution < 1.29 is 18.3 Å². The van der Waals surface area contributed by atoms with Crippen LogP contribution < -0.4 is 14.2 Å². The third-order valence-electron chi connectivity index (χ3n) is 2.00. The lowest BCUT2D eigenvalue weighted by molar-refractivity contribution is 0.324. The van der Waals surface area contributed by atoms with Gasteiger partial charge in [-0.1, -0.05) is 6.08 Å². The highest BCUT2D eigenvalue weighted by Gasteiger charge is 2.12. The Morgan fingerprint density at radius 1 is 1.27 bits per heavy atom. The first-order valence-electron chi connectivity index (χ1n) is 5.96. The molecule has 0 spiro atoms. The van der Waals surface area contributed by atoms with E-state index in [1.165, 1.54) is 14.2 Å². The van der Waals surface area contributed by atoms with Gasteiger partial charge in [-0.05, 0) is 24.1 Å². The lowest BCUT2D eigenvalue weighted by Gasteiger charge is -2.13. The second kappa shape index (κ2) is 5.29. The maximum atomic E-state index is 7.13. The van der Waals surface area contributed by atoms with Crippen LogP contribution >= 0.6 is 0 Å². The van der Waals surface area contributed by atoms with Crippen molar-refractivity contribution in [2.45, 2.75) is 6.42 Å². The van der Waals surface area contributed by atoms with Crippen LogP contribution in [0.25, 0.3) is 0 Å². The van der Waals surface area contributed by atoms with E-state index in [9.17, 15) is 0 Å². The molecule has 1 rings (SSSR count). The van der Waals surface area contributed by atoms with Crippen molar-refractivity contribution in [3.63, 3.8) is 0 Å². The second-order valence-electron chi connectivity index (χ2n) is 2.92. The van der Waals surface area contributed by atoms with Gasteiger partial charge in [0.1, 0.15) is 0 Å². The first kappa shape index (κ1) is 7.63. The van der Waals surface area contributed by atoms with Crippen LogP contribution in [0.15, 0.2) is 24.8 Å². The van der Waals surface area contributed by atoms with Gasteiger partial charge in [-0.2, -0.15) is 0 Å². The minimum Gasteiger partial charge on any atom is -0.493 e. The summed E-state index contributed by atoms with van der Waals surface area (Å²) in [6, 6.07) is 3.40. The molecule has 0 amide bonds. The standard InChI is InChI=1S/C12H16O3/c1-5-6-9-7-10(13-2)12(15-4)11(8-9)14-3/h5,7-8H,1,6H2,2-4H3/i4D3. The zero-order chi connectivity index (χ0) is 13.8. The average Bonchev–Trinajstić information content (AvgIpc) is 2.29. The Hall–Kier alpha value is -1.64. The largest absolute Gasteiger partial charge is 0.493 e. The zero-order valence-corrected chi connectivity index (χ0v) is 8.87. The van der Waals surface area contributed by atoms with Crippen LogP contribution in [0.4, 0.5) is 0 Å². The topological polar surface area (TPSA) is 27.7 Å². The Bertz CT molecular complexity index is 402. The van der Waals surface area contributed by atoms with Gasteiger partial charge in [0.2, 0.25) is 5.75 Å². The van der Waals surface area contributed by atoms with Gasteiger partial charge >= 0.3 is 0 Å². The van der Waals surface area contributed by atoms with E-state index in [1.54, 1.807) is 18.2 Å². The number of hydrogen-bond acceptors (Lipinski definition) is 3. The first-order valence-corrected chi connectivity index (χ1v) is 4.46. The fraction of sp³-hybridized carbons (Fsp3) is 0.333. The smallest absolute Gasteiger partial charge is 0.203 e. The highest BCUT2D eigenvalue weighted by atomic mass is 16.5. The molecule has 0 radical (unpaired) electrons. The van der Waals surface area contributed by atoms with Crippen molar-refractivity contribution in [1.82, 2.24) is 0 Å². The summed E-state index contributed by atoms with van der Waals surface area (Å²) >= 11 is 0. The molecule has 1 aromatic rings. The van der Waals surface area contributed by atoms with Crippen LogP contribution in [0.5, 0.6) is 17.2 Å². The lowest BCUT2D eigenvalue weighted by atomic mass is 10.1. The molecule has 0 unspecified atom stereocenters. The maximum Gasteiger partial charge on any atom is 0.203 e. The zero-order valence-electron chi connectivity index (χ0n) is 11.9. The number of hydrogen-bond donors (Lipinski definition) is 0. The van der Waals surface area contributed by atoms with Crippen LogP contribution in [0.1, 0.15) is 9.68 Å². The molecule has 0 aliphatic rings. The number of rotatable bonds is 5. The SMILES string of the molecule is [2H]C([2H])([2H])Oc1c(OC)cc(CC=C)cc1OC. The summed E-state index contributed by atoms with van der Waals surface area (Å²) in [5.74, 6) is 0.720. The molecule has 0 N–H and O–H groups in total. The van der Waals surface area contributed by atoms with Crippen LogP contribution in [-0.4, -0.2) is 21.3 Å². The van der Waals surface area contributed by atoms with E-state index >= 15 is 0 Å². The first-order chi connectivity index (χ1) is 8.41. The van der Waals surface area contributed by atoms with Crippen molar-refractivity contribution in [3.8, 4) is 17.2 Å². The number of methoxy groups -OCH3 is 3. The van der Waals surface area contributed by atoms with Gasteiger partial charge in [-0.25, -0.2) is 0 Å². The van der Waals surface area contributed by atoms with Gasteiger partial charge in [0.05, 0.1) is 25.4 Å². The summed E-state index contributed by atoms with van der Waals surface area (Å²) in [4.78, 5) is 0. The predicted octanol–water partition coefficient (Wildman–Crippen LogP) is 2.44. The molecule has 3 heteroatoms. The monoisotopic (exact) mass is 211 g/mol. The summed E-state index contributed by atoms with van der Waals surface area (Å²) in [5, 5.41) is 0. The van der Waals surface area contributed by atoms with Crippen molar-refractivity contribution in [2.75, 3.05) is 21.3 Å². The summed E-state index contributed by atoms with van der Waals surface area (Å²) in [5.41, 5.74) is 0.900. The van der Waals surface area contributed by atoms with Crippen LogP contribution in [0.3, 0.4) is 0 Å². The minimum absolute atomic E-state index is 0.0767. The van der Waals surface area contributed by atoms with Crippen molar-refractivity contribution in [3.05, 3.63) is 30.4 Å². The molecule has 0 saturated carbocycles. The third-order valence-corrected chi connectivity index (χ3v) is 2.00. The number of benzene rings is 1. The van der Waals surface area contributed by atoms with E-state index < -0.39 is 7.04 Å². The Morgan fingerprint density at radius 2 is 1.87 bits per heavy atom. The van der Waals surface area contributed by atoms with Gasteiger partial charge < -0.3 is 14.2 Å². The lowest BCUT2D eigenvalue weighted by Crippen LogP contribution is -1.96. The van der Waals surface area contributed by atoms with Crippen molar-refractivity contribution in [2.24, 2.45) is 0 Å². The summed E-state index contributed by atoms with van der Waals surface area (Å²) in [7, 11) is 0.332.